The van der Waals surface area contributed by atoms with Gasteiger partial charge in [-0.3, -0.25) is 4.79 Å². The topological polar surface area (TPSA) is 52.3 Å². The van der Waals surface area contributed by atoms with Gasteiger partial charge in [0.2, 0.25) is 0 Å². The number of esters is 1. The van der Waals surface area contributed by atoms with Gasteiger partial charge in [-0.25, -0.2) is 0 Å². The van der Waals surface area contributed by atoms with Gasteiger partial charge in [0.1, 0.15) is 12.1 Å². The van der Waals surface area contributed by atoms with Crippen LogP contribution in [0.1, 0.15) is 46.5 Å². The zero-order valence-corrected chi connectivity index (χ0v) is 10.1. The van der Waals surface area contributed by atoms with Gasteiger partial charge in [-0.1, -0.05) is 26.7 Å². The van der Waals surface area contributed by atoms with E-state index in [1.165, 1.54) is 0 Å². The van der Waals surface area contributed by atoms with Crippen LogP contribution in [0, 0.1) is 0 Å². The number of carbonyl (C=O) groups is 1. The average molecular weight is 224 g/mol. The number of ether oxygens (including phenoxy) is 1. The minimum absolute atomic E-state index is 0. The predicted molar refractivity (Wildman–Crippen MR) is 60.6 cm³/mol. The molecule has 0 amide bonds. The molecular weight excluding hydrogens is 202 g/mol. The van der Waals surface area contributed by atoms with E-state index in [0.29, 0.717) is 0 Å². The zero-order chi connectivity index (χ0) is 10.3. The highest BCUT2D eigenvalue weighted by Crippen LogP contribution is 2.09. The van der Waals surface area contributed by atoms with E-state index in [2.05, 4.69) is 13.8 Å². The zero-order valence-electron chi connectivity index (χ0n) is 9.29. The van der Waals surface area contributed by atoms with Crippen LogP contribution in [-0.4, -0.2) is 18.1 Å². The fourth-order valence-electron chi connectivity index (χ4n) is 1.18. The minimum atomic E-state index is -0.504. The van der Waals surface area contributed by atoms with Crippen LogP contribution in [0.3, 0.4) is 0 Å². The van der Waals surface area contributed by atoms with E-state index in [4.69, 9.17) is 10.5 Å². The van der Waals surface area contributed by atoms with Crippen LogP contribution in [0.5, 0.6) is 0 Å². The van der Waals surface area contributed by atoms with Gasteiger partial charge in [0, 0.05) is 0 Å². The number of carbonyl (C=O) groups excluding carboxylic acids is 1. The van der Waals surface area contributed by atoms with Crippen molar-refractivity contribution in [1.82, 2.24) is 0 Å². The van der Waals surface area contributed by atoms with Crippen molar-refractivity contribution >= 4 is 18.4 Å². The van der Waals surface area contributed by atoms with Gasteiger partial charge in [-0.15, -0.1) is 12.4 Å². The molecule has 4 heteroatoms. The molecule has 0 aliphatic heterocycles. The second-order valence-corrected chi connectivity index (χ2v) is 3.42. The van der Waals surface area contributed by atoms with E-state index in [9.17, 15) is 4.79 Å². The smallest absolute Gasteiger partial charge is 0.322 e. The molecule has 0 aliphatic rings. The first-order valence-corrected chi connectivity index (χ1v) is 5.07. The lowest BCUT2D eigenvalue weighted by molar-refractivity contribution is -0.150. The summed E-state index contributed by atoms with van der Waals surface area (Å²) in [5.74, 6) is -0.285. The molecule has 0 rings (SSSR count). The van der Waals surface area contributed by atoms with Crippen molar-refractivity contribution in [2.45, 2.75) is 58.6 Å². The fourth-order valence-corrected chi connectivity index (χ4v) is 1.18. The van der Waals surface area contributed by atoms with Crippen LogP contribution in [0.2, 0.25) is 0 Å². The first-order chi connectivity index (χ1) is 6.11. The number of halogens is 1. The number of hydrogen-bond donors (Lipinski definition) is 1. The first-order valence-electron chi connectivity index (χ1n) is 5.07. The second kappa shape index (κ2) is 9.28. The Hall–Kier alpha value is -0.280. The first kappa shape index (κ1) is 16.2. The molecule has 2 N–H and O–H groups in total. The summed E-state index contributed by atoms with van der Waals surface area (Å²) in [7, 11) is 0. The monoisotopic (exact) mass is 223 g/mol. The molecule has 86 valence electrons. The highest BCUT2D eigenvalue weighted by molar-refractivity contribution is 5.85. The highest BCUT2D eigenvalue weighted by atomic mass is 35.5. The number of hydrogen-bond acceptors (Lipinski definition) is 3. The highest BCUT2D eigenvalue weighted by Gasteiger charge is 2.15. The van der Waals surface area contributed by atoms with Crippen LogP contribution in [0.15, 0.2) is 0 Å². The lowest BCUT2D eigenvalue weighted by Crippen LogP contribution is -2.32. The van der Waals surface area contributed by atoms with Crippen molar-refractivity contribution in [2.75, 3.05) is 0 Å². The van der Waals surface area contributed by atoms with Gasteiger partial charge < -0.3 is 10.5 Å². The molecule has 0 aromatic rings. The molecular formula is C10H22ClNO2. The van der Waals surface area contributed by atoms with E-state index >= 15 is 0 Å². The molecule has 0 aromatic carbocycles. The summed E-state index contributed by atoms with van der Waals surface area (Å²) in [6.07, 6.45) is 4.01. The third-order valence-electron chi connectivity index (χ3n) is 1.88. The molecule has 14 heavy (non-hydrogen) atoms. The van der Waals surface area contributed by atoms with Crippen LogP contribution in [0.25, 0.3) is 0 Å². The number of nitrogens with two attached hydrogens (primary N) is 1. The summed E-state index contributed by atoms with van der Waals surface area (Å²) in [5, 5.41) is 0. The summed E-state index contributed by atoms with van der Waals surface area (Å²) in [5.41, 5.74) is 5.40. The van der Waals surface area contributed by atoms with Gasteiger partial charge in [0.25, 0.3) is 0 Å². The van der Waals surface area contributed by atoms with Crippen molar-refractivity contribution < 1.29 is 9.53 Å². The quantitative estimate of drug-likeness (QED) is 0.703. The van der Waals surface area contributed by atoms with Crippen molar-refractivity contribution in [3.05, 3.63) is 0 Å². The SMILES string of the molecule is CCCC(CCC)OC(=O)C(C)N.Cl. The Morgan fingerprint density at radius 1 is 1.29 bits per heavy atom. The Morgan fingerprint density at radius 2 is 1.71 bits per heavy atom. The van der Waals surface area contributed by atoms with E-state index in [1.807, 2.05) is 0 Å². The molecule has 0 fully saturated rings. The Balaban J connectivity index is 0. The lowest BCUT2D eigenvalue weighted by Gasteiger charge is -2.17. The van der Waals surface area contributed by atoms with Crippen molar-refractivity contribution in [3.8, 4) is 0 Å². The van der Waals surface area contributed by atoms with Gasteiger partial charge in [-0.05, 0) is 19.8 Å². The van der Waals surface area contributed by atoms with E-state index in [-0.39, 0.29) is 24.5 Å². The van der Waals surface area contributed by atoms with Gasteiger partial charge in [0.15, 0.2) is 0 Å². The predicted octanol–water partition coefficient (Wildman–Crippen LogP) is 2.27. The normalized spacial score (nSPS) is 12.1. The third-order valence-corrected chi connectivity index (χ3v) is 1.88. The number of rotatable bonds is 6. The maximum atomic E-state index is 11.2. The Labute approximate surface area is 92.8 Å². The molecule has 0 radical (unpaired) electrons. The second-order valence-electron chi connectivity index (χ2n) is 3.42. The lowest BCUT2D eigenvalue weighted by atomic mass is 10.1. The molecule has 0 bridgehead atoms. The Kier molecular flexibility index (Phi) is 10.7. The van der Waals surface area contributed by atoms with E-state index < -0.39 is 6.04 Å². The maximum Gasteiger partial charge on any atom is 0.322 e. The van der Waals surface area contributed by atoms with Gasteiger partial charge in [0.05, 0.1) is 0 Å². The van der Waals surface area contributed by atoms with Crippen LogP contribution in [-0.2, 0) is 9.53 Å². The molecule has 0 spiro atoms. The fraction of sp³-hybridized carbons (Fsp3) is 0.900. The van der Waals surface area contributed by atoms with E-state index in [0.717, 1.165) is 25.7 Å². The summed E-state index contributed by atoms with van der Waals surface area (Å²) in [6.45, 7) is 5.82. The van der Waals surface area contributed by atoms with Crippen LogP contribution in [0.4, 0.5) is 0 Å². The molecule has 0 heterocycles. The molecule has 3 nitrogen and oxygen atoms in total. The maximum absolute atomic E-state index is 11.2. The van der Waals surface area contributed by atoms with Crippen molar-refractivity contribution in [2.24, 2.45) is 5.73 Å². The standard InChI is InChI=1S/C10H21NO2.ClH/c1-4-6-9(7-5-2)13-10(12)8(3)11;/h8-9H,4-7,11H2,1-3H3;1H. The minimum Gasteiger partial charge on any atom is -0.461 e. The van der Waals surface area contributed by atoms with Crippen molar-refractivity contribution in [3.63, 3.8) is 0 Å². The Morgan fingerprint density at radius 3 is 2.00 bits per heavy atom. The molecule has 1 atom stereocenters. The molecule has 0 saturated heterocycles. The van der Waals surface area contributed by atoms with Gasteiger partial charge >= 0.3 is 5.97 Å². The largest absolute Gasteiger partial charge is 0.461 e. The summed E-state index contributed by atoms with van der Waals surface area (Å²) in [4.78, 5) is 11.2. The van der Waals surface area contributed by atoms with E-state index in [1.54, 1.807) is 6.92 Å². The van der Waals surface area contributed by atoms with Crippen molar-refractivity contribution in [1.29, 1.82) is 0 Å². The van der Waals surface area contributed by atoms with Gasteiger partial charge in [-0.2, -0.15) is 0 Å². The summed E-state index contributed by atoms with van der Waals surface area (Å²) >= 11 is 0. The van der Waals surface area contributed by atoms with Crippen LogP contribution < -0.4 is 5.73 Å². The Bertz CT molecular complexity index is 145. The molecule has 0 aliphatic carbocycles. The summed E-state index contributed by atoms with van der Waals surface area (Å²) < 4.78 is 5.23. The molecule has 1 unspecified atom stereocenters. The molecule has 0 aromatic heterocycles. The third kappa shape index (κ3) is 7.15. The molecule has 0 saturated carbocycles. The van der Waals surface area contributed by atoms with Crippen LogP contribution >= 0.6 is 12.4 Å². The summed E-state index contributed by atoms with van der Waals surface area (Å²) in [6, 6.07) is -0.504. The average Bonchev–Trinajstić information content (AvgIpc) is 2.05.